The Morgan fingerprint density at radius 2 is 1.94 bits per heavy atom. The van der Waals surface area contributed by atoms with Crippen molar-refractivity contribution in [1.82, 2.24) is 14.9 Å². The minimum atomic E-state index is -0.894. The number of pyridine rings is 2. The quantitative estimate of drug-likeness (QED) is 0.417. The van der Waals surface area contributed by atoms with E-state index in [0.717, 1.165) is 46.0 Å². The van der Waals surface area contributed by atoms with Crippen molar-refractivity contribution in [2.24, 2.45) is 5.92 Å². The van der Waals surface area contributed by atoms with E-state index in [0.29, 0.717) is 24.5 Å². The van der Waals surface area contributed by atoms with E-state index in [9.17, 15) is 9.59 Å². The minimum absolute atomic E-state index is 0.0432. The number of fused-ring (bicyclic) bond motifs is 1. The van der Waals surface area contributed by atoms with Crippen molar-refractivity contribution >= 4 is 55.9 Å². The second kappa shape index (κ2) is 8.38. The van der Waals surface area contributed by atoms with Crippen molar-refractivity contribution in [3.05, 3.63) is 52.8 Å². The van der Waals surface area contributed by atoms with Crippen molar-refractivity contribution in [2.75, 3.05) is 23.7 Å². The summed E-state index contributed by atoms with van der Waals surface area (Å²) in [6, 6.07) is 9.61. The molecular formula is C23H22BrN5O3. The second-order valence-electron chi connectivity index (χ2n) is 8.26. The van der Waals surface area contributed by atoms with Crippen LogP contribution >= 0.6 is 15.9 Å². The summed E-state index contributed by atoms with van der Waals surface area (Å²) in [6.07, 6.45) is 5.08. The van der Waals surface area contributed by atoms with E-state index in [-0.39, 0.29) is 17.7 Å². The van der Waals surface area contributed by atoms with Crippen LogP contribution in [0.3, 0.4) is 0 Å². The Bertz CT molecular complexity index is 1200. The maximum atomic E-state index is 12.9. The molecule has 1 unspecified atom stereocenters. The van der Waals surface area contributed by atoms with E-state index in [1.165, 1.54) is 4.90 Å². The van der Waals surface area contributed by atoms with Crippen LogP contribution in [0.25, 0.3) is 10.9 Å². The summed E-state index contributed by atoms with van der Waals surface area (Å²) in [4.78, 5) is 34.4. The molecule has 1 amide bonds. The molecule has 1 atom stereocenters. The van der Waals surface area contributed by atoms with Gasteiger partial charge in [0.2, 0.25) is 0 Å². The Hall–Kier alpha value is -3.20. The van der Waals surface area contributed by atoms with E-state index in [2.05, 4.69) is 36.5 Å². The zero-order valence-electron chi connectivity index (χ0n) is 17.2. The molecule has 2 aliphatic rings. The number of anilines is 3. The highest BCUT2D eigenvalue weighted by atomic mass is 79.9. The van der Waals surface area contributed by atoms with Crippen LogP contribution in [-0.2, 0) is 0 Å². The van der Waals surface area contributed by atoms with E-state index in [1.807, 2.05) is 30.3 Å². The maximum absolute atomic E-state index is 12.9. The Morgan fingerprint density at radius 3 is 2.62 bits per heavy atom. The zero-order valence-corrected chi connectivity index (χ0v) is 18.8. The zero-order chi connectivity index (χ0) is 22.2. The lowest BCUT2D eigenvalue weighted by molar-refractivity contribution is 0.0968. The van der Waals surface area contributed by atoms with Gasteiger partial charge < -0.3 is 20.6 Å². The van der Waals surface area contributed by atoms with Crippen molar-refractivity contribution in [1.29, 1.82) is 0 Å². The lowest BCUT2D eigenvalue weighted by Gasteiger charge is -2.16. The van der Waals surface area contributed by atoms with Gasteiger partial charge in [0.1, 0.15) is 5.82 Å². The summed E-state index contributed by atoms with van der Waals surface area (Å²) < 4.78 is 0.913. The molecule has 5 rings (SSSR count). The number of benzene rings is 1. The number of Topliss-reactive ketones (excluding diaryl/α,β-unsaturated/α-hetero) is 1. The van der Waals surface area contributed by atoms with Crippen LogP contribution in [0.1, 0.15) is 29.6 Å². The molecule has 164 valence electrons. The molecule has 0 radical (unpaired) electrons. The summed E-state index contributed by atoms with van der Waals surface area (Å²) in [5.74, 6) is 0.894. The van der Waals surface area contributed by atoms with Gasteiger partial charge in [-0.1, -0.05) is 15.9 Å². The highest BCUT2D eigenvalue weighted by Gasteiger charge is 2.32. The van der Waals surface area contributed by atoms with Crippen molar-refractivity contribution < 1.29 is 14.7 Å². The SMILES string of the molecule is O=C(c1cnc2ccc(Br)cc2c1Nc1ccc(NC2CCN(C(=O)O)C2)nc1)C1CC1. The number of carbonyl (C=O) groups excluding carboxylic acids is 1. The molecule has 0 spiro atoms. The number of amides is 1. The molecule has 3 aromatic rings. The highest BCUT2D eigenvalue weighted by Crippen LogP contribution is 2.38. The number of rotatable bonds is 6. The van der Waals surface area contributed by atoms with Crippen molar-refractivity contribution in [3.63, 3.8) is 0 Å². The maximum Gasteiger partial charge on any atom is 0.407 e. The molecule has 2 aromatic heterocycles. The molecule has 9 heteroatoms. The molecule has 8 nitrogen and oxygen atoms in total. The molecule has 0 bridgehead atoms. The number of halogens is 1. The van der Waals surface area contributed by atoms with Crippen LogP contribution in [0, 0.1) is 5.92 Å². The first-order valence-corrected chi connectivity index (χ1v) is 11.4. The number of ketones is 1. The first-order valence-electron chi connectivity index (χ1n) is 10.6. The molecular weight excluding hydrogens is 474 g/mol. The summed E-state index contributed by atoms with van der Waals surface area (Å²) >= 11 is 3.52. The summed E-state index contributed by atoms with van der Waals surface area (Å²) in [5, 5.41) is 16.7. The second-order valence-corrected chi connectivity index (χ2v) is 9.18. The van der Waals surface area contributed by atoms with E-state index < -0.39 is 6.09 Å². The average Bonchev–Trinajstić information content (AvgIpc) is 3.53. The van der Waals surface area contributed by atoms with Crippen LogP contribution < -0.4 is 10.6 Å². The molecule has 1 saturated heterocycles. The standard InChI is InChI=1S/C23H22BrN5O3/c24-14-3-5-19-17(9-14)21(18(11-25-19)22(30)13-1-2-13)28-15-4-6-20(26-10-15)27-16-7-8-29(12-16)23(31)32/h3-6,9-11,13,16H,1-2,7-8,12H2,(H,25,28)(H,26,27)(H,31,32). The minimum Gasteiger partial charge on any atom is -0.465 e. The Labute approximate surface area is 193 Å². The fraction of sp³-hybridized carbons (Fsp3) is 0.304. The Balaban J connectivity index is 1.39. The van der Waals surface area contributed by atoms with Gasteiger partial charge in [-0.15, -0.1) is 0 Å². The number of carbonyl (C=O) groups is 2. The van der Waals surface area contributed by atoms with Crippen molar-refractivity contribution in [3.8, 4) is 0 Å². The van der Waals surface area contributed by atoms with Crippen LogP contribution in [0.5, 0.6) is 0 Å². The topological polar surface area (TPSA) is 107 Å². The Kier molecular flexibility index (Phi) is 5.42. The molecule has 1 aliphatic heterocycles. The fourth-order valence-electron chi connectivity index (χ4n) is 4.01. The summed E-state index contributed by atoms with van der Waals surface area (Å²) in [6.45, 7) is 0.969. The van der Waals surface area contributed by atoms with Gasteiger partial charge in [-0.05, 0) is 49.6 Å². The van der Waals surface area contributed by atoms with E-state index in [4.69, 9.17) is 5.11 Å². The average molecular weight is 496 g/mol. The number of hydrogen-bond donors (Lipinski definition) is 3. The molecule has 1 aromatic carbocycles. The van der Waals surface area contributed by atoms with E-state index >= 15 is 0 Å². The predicted molar refractivity (Wildman–Crippen MR) is 126 cm³/mol. The molecule has 3 N–H and O–H groups in total. The summed E-state index contributed by atoms with van der Waals surface area (Å²) in [5.41, 5.74) is 2.90. The van der Waals surface area contributed by atoms with Crippen LogP contribution in [0.4, 0.5) is 22.0 Å². The number of hydrogen-bond acceptors (Lipinski definition) is 6. The molecule has 32 heavy (non-hydrogen) atoms. The Morgan fingerprint density at radius 1 is 1.09 bits per heavy atom. The predicted octanol–water partition coefficient (Wildman–Crippen LogP) is 4.89. The van der Waals surface area contributed by atoms with Gasteiger partial charge in [-0.25, -0.2) is 9.78 Å². The first-order chi connectivity index (χ1) is 15.5. The van der Waals surface area contributed by atoms with Crippen LogP contribution in [0.2, 0.25) is 0 Å². The van der Waals surface area contributed by atoms with Crippen LogP contribution in [0.15, 0.2) is 47.2 Å². The van der Waals surface area contributed by atoms with Gasteiger partial charge in [-0.3, -0.25) is 9.78 Å². The number of nitrogens with zero attached hydrogens (tertiary/aromatic N) is 3. The van der Waals surface area contributed by atoms with Gasteiger partial charge in [0.05, 0.1) is 28.7 Å². The van der Waals surface area contributed by atoms with Gasteiger partial charge in [0.25, 0.3) is 0 Å². The third kappa shape index (κ3) is 4.25. The smallest absolute Gasteiger partial charge is 0.407 e. The number of nitrogens with one attached hydrogen (secondary N) is 2. The fourth-order valence-corrected chi connectivity index (χ4v) is 4.37. The first kappa shape index (κ1) is 20.7. The normalized spacial score (nSPS) is 18.0. The highest BCUT2D eigenvalue weighted by molar-refractivity contribution is 9.10. The third-order valence-corrected chi connectivity index (χ3v) is 6.38. The molecule has 1 aliphatic carbocycles. The number of carboxylic acid groups (broad SMARTS) is 1. The van der Waals surface area contributed by atoms with Gasteiger partial charge in [0.15, 0.2) is 5.78 Å². The van der Waals surface area contributed by atoms with Gasteiger partial charge in [-0.2, -0.15) is 0 Å². The van der Waals surface area contributed by atoms with Crippen molar-refractivity contribution in [2.45, 2.75) is 25.3 Å². The lowest BCUT2D eigenvalue weighted by Crippen LogP contribution is -2.30. The molecule has 1 saturated carbocycles. The van der Waals surface area contributed by atoms with Crippen LogP contribution in [-0.4, -0.2) is 51.0 Å². The van der Waals surface area contributed by atoms with Gasteiger partial charge >= 0.3 is 6.09 Å². The molecule has 2 fully saturated rings. The largest absolute Gasteiger partial charge is 0.465 e. The van der Waals surface area contributed by atoms with E-state index in [1.54, 1.807) is 12.4 Å². The summed E-state index contributed by atoms with van der Waals surface area (Å²) in [7, 11) is 0. The molecule has 3 heterocycles. The van der Waals surface area contributed by atoms with Gasteiger partial charge in [0, 0.05) is 41.1 Å². The number of likely N-dealkylation sites (tertiary alicyclic amines) is 1. The number of aromatic nitrogens is 2. The monoisotopic (exact) mass is 495 g/mol. The third-order valence-electron chi connectivity index (χ3n) is 5.89. The lowest BCUT2D eigenvalue weighted by atomic mass is 10.0.